The van der Waals surface area contributed by atoms with Crippen molar-refractivity contribution in [1.29, 1.82) is 0 Å². The minimum absolute atomic E-state index is 0.261. The predicted molar refractivity (Wildman–Crippen MR) is 62.6 cm³/mol. The van der Waals surface area contributed by atoms with E-state index in [0.717, 1.165) is 13.1 Å². The molecule has 0 N–H and O–H groups in total. The molecule has 74 valence electrons. The van der Waals surface area contributed by atoms with Gasteiger partial charge in [-0.1, -0.05) is 5.16 Å². The minimum Gasteiger partial charge on any atom is -0.333 e. The quantitative estimate of drug-likeness (QED) is 0.760. The number of hydrogen-bond acceptors (Lipinski definition) is 4. The van der Waals surface area contributed by atoms with Gasteiger partial charge < -0.3 is 4.52 Å². The maximum atomic E-state index is 5.56. The molecule has 3 nitrogen and oxygen atoms in total. The molecule has 2 aromatic rings. The van der Waals surface area contributed by atoms with Crippen molar-refractivity contribution < 1.29 is 4.52 Å². The number of nitrogens with zero attached hydrogens (tertiary/aromatic N) is 2. The first kappa shape index (κ1) is 10.6. The number of aromatic nitrogens is 2. The van der Waals surface area contributed by atoms with Gasteiger partial charge in [0.25, 0.3) is 5.89 Å². The maximum absolute atomic E-state index is 5.56. The number of hydrogen-bond donors (Lipinski definition) is 0. The Bertz CT molecular complexity index is 437. The normalized spacial score (nSPS) is 10.8. The summed E-state index contributed by atoms with van der Waals surface area (Å²) in [6.07, 6.45) is 0. The Hall–Kier alpha value is 0.0900. The average Bonchev–Trinajstić information content (AvgIpc) is 2.74. The molecular formula is C7H3Br2ClN2OS. The van der Waals surface area contributed by atoms with Gasteiger partial charge >= 0.3 is 0 Å². The molecule has 2 rings (SSSR count). The molecule has 0 fully saturated rings. The van der Waals surface area contributed by atoms with Gasteiger partial charge in [0.05, 0.1) is 14.5 Å². The van der Waals surface area contributed by atoms with Crippen molar-refractivity contribution in [1.82, 2.24) is 10.1 Å². The SMILES string of the molecule is ClCc1noc(-c2cc(Br)c(Br)s2)n1. The van der Waals surface area contributed by atoms with Crippen molar-refractivity contribution in [3.63, 3.8) is 0 Å². The van der Waals surface area contributed by atoms with Gasteiger partial charge in [-0.2, -0.15) is 4.98 Å². The van der Waals surface area contributed by atoms with Crippen LogP contribution in [0, 0.1) is 0 Å². The molecule has 0 bridgehead atoms. The Labute approximate surface area is 106 Å². The first-order valence-corrected chi connectivity index (χ1v) is 6.48. The van der Waals surface area contributed by atoms with Crippen LogP contribution in [0.3, 0.4) is 0 Å². The van der Waals surface area contributed by atoms with Crippen molar-refractivity contribution in [2.45, 2.75) is 5.88 Å². The molecule has 0 aromatic carbocycles. The molecule has 0 atom stereocenters. The molecule has 2 aromatic heterocycles. The second kappa shape index (κ2) is 4.30. The Morgan fingerprint density at radius 3 is 2.79 bits per heavy atom. The van der Waals surface area contributed by atoms with Crippen LogP contribution in [0.5, 0.6) is 0 Å². The highest BCUT2D eigenvalue weighted by Crippen LogP contribution is 2.37. The summed E-state index contributed by atoms with van der Waals surface area (Å²) < 4.78 is 7.01. The first-order chi connectivity index (χ1) is 6.70. The average molecular weight is 358 g/mol. The number of rotatable bonds is 2. The third kappa shape index (κ3) is 2.03. The first-order valence-electron chi connectivity index (χ1n) is 3.54. The van der Waals surface area contributed by atoms with E-state index in [1.807, 2.05) is 6.07 Å². The lowest BCUT2D eigenvalue weighted by molar-refractivity contribution is 0.426. The van der Waals surface area contributed by atoms with Crippen molar-refractivity contribution in [2.24, 2.45) is 0 Å². The van der Waals surface area contributed by atoms with E-state index in [2.05, 4.69) is 42.0 Å². The van der Waals surface area contributed by atoms with E-state index in [-0.39, 0.29) is 5.88 Å². The monoisotopic (exact) mass is 356 g/mol. The lowest BCUT2D eigenvalue weighted by Crippen LogP contribution is -1.78. The van der Waals surface area contributed by atoms with Gasteiger partial charge in [0, 0.05) is 4.47 Å². The van der Waals surface area contributed by atoms with Crippen molar-refractivity contribution in [3.8, 4) is 10.8 Å². The Balaban J connectivity index is 2.39. The summed E-state index contributed by atoms with van der Waals surface area (Å²) in [4.78, 5) is 5.02. The molecule has 0 saturated heterocycles. The number of halogens is 3. The van der Waals surface area contributed by atoms with E-state index in [4.69, 9.17) is 16.1 Å². The van der Waals surface area contributed by atoms with Crippen molar-refractivity contribution >= 4 is 54.8 Å². The highest BCUT2D eigenvalue weighted by molar-refractivity contribution is 9.13. The van der Waals surface area contributed by atoms with E-state index in [1.54, 1.807) is 0 Å². The fraction of sp³-hybridized carbons (Fsp3) is 0.143. The Morgan fingerprint density at radius 1 is 1.50 bits per heavy atom. The largest absolute Gasteiger partial charge is 0.333 e. The van der Waals surface area contributed by atoms with Crippen LogP contribution in [0.15, 0.2) is 18.8 Å². The smallest absolute Gasteiger partial charge is 0.268 e. The summed E-state index contributed by atoms with van der Waals surface area (Å²) in [5.74, 6) is 1.26. The highest BCUT2D eigenvalue weighted by Gasteiger charge is 2.12. The summed E-state index contributed by atoms with van der Waals surface area (Å²) in [5.41, 5.74) is 0. The van der Waals surface area contributed by atoms with Gasteiger partial charge in [-0.05, 0) is 37.9 Å². The molecule has 2 heterocycles. The van der Waals surface area contributed by atoms with Crippen LogP contribution in [-0.2, 0) is 5.88 Å². The van der Waals surface area contributed by atoms with Gasteiger partial charge in [0.1, 0.15) is 0 Å². The zero-order valence-corrected chi connectivity index (χ0v) is 11.4. The molecule has 0 aliphatic carbocycles. The zero-order valence-electron chi connectivity index (χ0n) is 6.63. The van der Waals surface area contributed by atoms with Gasteiger partial charge in [-0.25, -0.2) is 0 Å². The fourth-order valence-electron chi connectivity index (χ4n) is 0.860. The summed E-state index contributed by atoms with van der Waals surface area (Å²) in [7, 11) is 0. The van der Waals surface area contributed by atoms with Crippen molar-refractivity contribution in [3.05, 3.63) is 20.1 Å². The number of alkyl halides is 1. The topological polar surface area (TPSA) is 38.9 Å². The molecule has 0 unspecified atom stereocenters. The van der Waals surface area contributed by atoms with E-state index >= 15 is 0 Å². The number of thiophene rings is 1. The molecule has 0 aliphatic heterocycles. The van der Waals surface area contributed by atoms with E-state index in [9.17, 15) is 0 Å². The Kier molecular flexibility index (Phi) is 3.26. The molecule has 0 amide bonds. The Morgan fingerprint density at radius 2 is 2.29 bits per heavy atom. The van der Waals surface area contributed by atoms with Gasteiger partial charge in [0.15, 0.2) is 5.82 Å². The van der Waals surface area contributed by atoms with Crippen LogP contribution < -0.4 is 0 Å². The lowest BCUT2D eigenvalue weighted by Gasteiger charge is -1.82. The van der Waals surface area contributed by atoms with Crippen LogP contribution in [-0.4, -0.2) is 10.1 Å². The van der Waals surface area contributed by atoms with E-state index in [1.165, 1.54) is 11.3 Å². The van der Waals surface area contributed by atoms with E-state index in [0.29, 0.717) is 11.7 Å². The zero-order chi connectivity index (χ0) is 10.1. The lowest BCUT2D eigenvalue weighted by atomic mass is 10.5. The van der Waals surface area contributed by atoms with Crippen LogP contribution in [0.25, 0.3) is 10.8 Å². The maximum Gasteiger partial charge on any atom is 0.268 e. The summed E-state index contributed by atoms with van der Waals surface area (Å²) in [6, 6.07) is 1.92. The van der Waals surface area contributed by atoms with Gasteiger partial charge in [-0.3, -0.25) is 0 Å². The molecule has 14 heavy (non-hydrogen) atoms. The molecule has 0 aliphatic rings. The molecule has 0 spiro atoms. The summed E-state index contributed by atoms with van der Waals surface area (Å²) >= 11 is 13.9. The molecular weight excluding hydrogens is 355 g/mol. The third-order valence-corrected chi connectivity index (χ3v) is 4.93. The van der Waals surface area contributed by atoms with Crippen LogP contribution in [0.2, 0.25) is 0 Å². The summed E-state index contributed by atoms with van der Waals surface area (Å²) in [6.45, 7) is 0. The standard InChI is InChI=1S/C7H3Br2ClN2OS/c8-3-1-4(14-6(3)9)7-11-5(2-10)12-13-7/h1H,2H2. The van der Waals surface area contributed by atoms with E-state index < -0.39 is 0 Å². The van der Waals surface area contributed by atoms with Crippen LogP contribution in [0.4, 0.5) is 0 Å². The highest BCUT2D eigenvalue weighted by atomic mass is 79.9. The molecule has 0 radical (unpaired) electrons. The van der Waals surface area contributed by atoms with Crippen LogP contribution >= 0.6 is 54.8 Å². The minimum atomic E-state index is 0.261. The van der Waals surface area contributed by atoms with Crippen LogP contribution in [0.1, 0.15) is 5.82 Å². The van der Waals surface area contributed by atoms with Gasteiger partial charge in [-0.15, -0.1) is 22.9 Å². The second-order valence-corrected chi connectivity index (χ2v) is 5.87. The van der Waals surface area contributed by atoms with Gasteiger partial charge in [0.2, 0.25) is 0 Å². The summed E-state index contributed by atoms with van der Waals surface area (Å²) in [5, 5.41) is 3.71. The molecule has 7 heteroatoms. The third-order valence-electron chi connectivity index (χ3n) is 1.44. The fourth-order valence-corrected chi connectivity index (χ4v) is 2.93. The van der Waals surface area contributed by atoms with Crippen molar-refractivity contribution in [2.75, 3.05) is 0 Å². The second-order valence-electron chi connectivity index (χ2n) is 2.38. The molecule has 0 saturated carbocycles. The predicted octanol–water partition coefficient (Wildman–Crippen LogP) is 4.06.